The van der Waals surface area contributed by atoms with Crippen molar-refractivity contribution in [3.05, 3.63) is 90.0 Å². The summed E-state index contributed by atoms with van der Waals surface area (Å²) in [7, 11) is -2.48. The topological polar surface area (TPSA) is 129 Å². The Morgan fingerprint density at radius 1 is 0.971 bits per heavy atom. The van der Waals surface area contributed by atoms with Crippen LogP contribution in [-0.4, -0.2) is 33.4 Å². The number of nitrogens with one attached hydrogen (secondary N) is 2. The van der Waals surface area contributed by atoms with E-state index >= 15 is 0 Å². The molecule has 0 aliphatic carbocycles. The molecular formula is C24H22N4O5S. The number of nitriles is 1. The Hall–Kier alpha value is -4.36. The quantitative estimate of drug-likeness (QED) is 0.503. The molecule has 10 heteroatoms. The second-order valence-electron chi connectivity index (χ2n) is 7.18. The highest BCUT2D eigenvalue weighted by Crippen LogP contribution is 2.22. The zero-order valence-corrected chi connectivity index (χ0v) is 19.2. The molecule has 0 radical (unpaired) electrons. The first kappa shape index (κ1) is 24.3. The molecule has 2 amide bonds. The van der Waals surface area contributed by atoms with Gasteiger partial charge in [0.15, 0.2) is 6.10 Å². The van der Waals surface area contributed by atoms with Gasteiger partial charge < -0.3 is 4.74 Å². The van der Waals surface area contributed by atoms with Crippen LogP contribution >= 0.6 is 0 Å². The van der Waals surface area contributed by atoms with Crippen molar-refractivity contribution in [2.75, 3.05) is 11.4 Å². The molecule has 174 valence electrons. The maximum atomic E-state index is 13.0. The summed E-state index contributed by atoms with van der Waals surface area (Å²) in [6.45, 7) is 1.49. The van der Waals surface area contributed by atoms with Crippen molar-refractivity contribution in [1.82, 2.24) is 10.9 Å². The molecule has 3 rings (SSSR count). The molecule has 1 atom stereocenters. The summed E-state index contributed by atoms with van der Waals surface area (Å²) < 4.78 is 32.5. The highest BCUT2D eigenvalue weighted by molar-refractivity contribution is 7.92. The van der Waals surface area contributed by atoms with Crippen molar-refractivity contribution in [1.29, 1.82) is 5.26 Å². The minimum absolute atomic E-state index is 0.0449. The van der Waals surface area contributed by atoms with Crippen LogP contribution in [-0.2, 0) is 14.8 Å². The van der Waals surface area contributed by atoms with E-state index in [1.807, 2.05) is 6.07 Å². The first-order chi connectivity index (χ1) is 16.2. The molecular weight excluding hydrogens is 456 g/mol. The van der Waals surface area contributed by atoms with Gasteiger partial charge in [-0.3, -0.25) is 24.7 Å². The minimum atomic E-state index is -3.91. The maximum Gasteiger partial charge on any atom is 0.279 e. The van der Waals surface area contributed by atoms with Crippen molar-refractivity contribution >= 4 is 27.5 Å². The number of sulfonamides is 1. The van der Waals surface area contributed by atoms with Crippen molar-refractivity contribution < 1.29 is 22.7 Å². The fraction of sp³-hybridized carbons (Fsp3) is 0.125. The van der Waals surface area contributed by atoms with Crippen molar-refractivity contribution in [3.63, 3.8) is 0 Å². The molecule has 0 unspecified atom stereocenters. The fourth-order valence-electron chi connectivity index (χ4n) is 2.89. The van der Waals surface area contributed by atoms with E-state index in [2.05, 4.69) is 10.9 Å². The van der Waals surface area contributed by atoms with Gasteiger partial charge in [0.25, 0.3) is 21.8 Å². The Morgan fingerprint density at radius 3 is 2.29 bits per heavy atom. The van der Waals surface area contributed by atoms with Crippen LogP contribution in [0.4, 0.5) is 5.69 Å². The lowest BCUT2D eigenvalue weighted by Gasteiger charge is -2.20. The number of carbonyl (C=O) groups excluding carboxylic acids is 2. The number of para-hydroxylation sites is 1. The number of anilines is 1. The van der Waals surface area contributed by atoms with Gasteiger partial charge >= 0.3 is 0 Å². The van der Waals surface area contributed by atoms with Gasteiger partial charge in [-0.15, -0.1) is 0 Å². The van der Waals surface area contributed by atoms with Crippen LogP contribution in [0.15, 0.2) is 83.8 Å². The Kier molecular flexibility index (Phi) is 7.50. The molecule has 0 aliphatic heterocycles. The molecule has 9 nitrogen and oxygen atoms in total. The monoisotopic (exact) mass is 478 g/mol. The average Bonchev–Trinajstić information content (AvgIpc) is 2.87. The summed E-state index contributed by atoms with van der Waals surface area (Å²) in [6.07, 6.45) is -0.945. The van der Waals surface area contributed by atoms with Crippen LogP contribution in [0.5, 0.6) is 5.75 Å². The van der Waals surface area contributed by atoms with Crippen molar-refractivity contribution in [2.24, 2.45) is 0 Å². The highest BCUT2D eigenvalue weighted by atomic mass is 32.2. The fourth-order valence-corrected chi connectivity index (χ4v) is 4.13. The third-order valence-corrected chi connectivity index (χ3v) is 6.62. The lowest BCUT2D eigenvalue weighted by atomic mass is 10.2. The smallest absolute Gasteiger partial charge is 0.279 e. The van der Waals surface area contributed by atoms with E-state index in [-0.39, 0.29) is 10.5 Å². The molecule has 3 aromatic carbocycles. The molecule has 3 aromatic rings. The first-order valence-corrected chi connectivity index (χ1v) is 11.6. The molecule has 34 heavy (non-hydrogen) atoms. The molecule has 0 heterocycles. The second kappa shape index (κ2) is 10.5. The van der Waals surface area contributed by atoms with E-state index in [1.165, 1.54) is 38.2 Å². The van der Waals surface area contributed by atoms with Crippen molar-refractivity contribution in [2.45, 2.75) is 17.9 Å². The third kappa shape index (κ3) is 5.70. The molecule has 0 aliphatic rings. The van der Waals surface area contributed by atoms with Crippen LogP contribution in [0.2, 0.25) is 0 Å². The number of amides is 2. The van der Waals surface area contributed by atoms with Gasteiger partial charge in [-0.1, -0.05) is 24.3 Å². The van der Waals surface area contributed by atoms with Crippen LogP contribution in [0.1, 0.15) is 22.8 Å². The number of hydrogen-bond donors (Lipinski definition) is 2. The molecule has 0 spiro atoms. The summed E-state index contributed by atoms with van der Waals surface area (Å²) >= 11 is 0. The van der Waals surface area contributed by atoms with Gasteiger partial charge in [0.05, 0.1) is 22.2 Å². The lowest BCUT2D eigenvalue weighted by Crippen LogP contribution is -2.47. The van der Waals surface area contributed by atoms with Crippen LogP contribution in [0.3, 0.4) is 0 Å². The molecule has 0 saturated heterocycles. The minimum Gasteiger partial charge on any atom is -0.481 e. The molecule has 0 bridgehead atoms. The van der Waals surface area contributed by atoms with Gasteiger partial charge in [0.1, 0.15) is 5.75 Å². The highest BCUT2D eigenvalue weighted by Gasteiger charge is 2.23. The summed E-state index contributed by atoms with van der Waals surface area (Å²) in [5.74, 6) is -0.933. The Bertz CT molecular complexity index is 1320. The van der Waals surface area contributed by atoms with Gasteiger partial charge in [0, 0.05) is 12.6 Å². The second-order valence-corrected chi connectivity index (χ2v) is 9.14. The van der Waals surface area contributed by atoms with Gasteiger partial charge in [-0.25, -0.2) is 8.42 Å². The van der Waals surface area contributed by atoms with E-state index in [4.69, 9.17) is 10.00 Å². The van der Waals surface area contributed by atoms with E-state index in [0.717, 1.165) is 4.31 Å². The largest absolute Gasteiger partial charge is 0.481 e. The number of hydrogen-bond acceptors (Lipinski definition) is 6. The summed E-state index contributed by atoms with van der Waals surface area (Å²) in [4.78, 5) is 24.7. The van der Waals surface area contributed by atoms with Gasteiger partial charge in [-0.2, -0.15) is 5.26 Å². The Morgan fingerprint density at radius 2 is 1.65 bits per heavy atom. The summed E-state index contributed by atoms with van der Waals surface area (Å²) in [6, 6.07) is 22.2. The Labute approximate surface area is 197 Å². The zero-order chi connectivity index (χ0) is 24.7. The standard InChI is InChI=1S/C24H22N4O5S/c1-17(33-21-13-11-18(16-25)12-14-21)23(29)26-27-24(30)19-7-6-10-22(15-19)34(31,32)28(2)20-8-4-3-5-9-20/h3-15,17H,1-2H3,(H,26,29)(H,27,30)/t17-/m1/s1. The number of benzene rings is 3. The average molecular weight is 479 g/mol. The third-order valence-electron chi connectivity index (χ3n) is 4.84. The number of nitrogens with zero attached hydrogens (tertiary/aromatic N) is 2. The van der Waals surface area contributed by atoms with Crippen LogP contribution in [0, 0.1) is 11.3 Å². The van der Waals surface area contributed by atoms with Crippen LogP contribution in [0.25, 0.3) is 0 Å². The number of hydrazine groups is 1. The number of ether oxygens (including phenoxy) is 1. The lowest BCUT2D eigenvalue weighted by molar-refractivity contribution is -0.128. The molecule has 0 fully saturated rings. The summed E-state index contributed by atoms with van der Waals surface area (Å²) in [5, 5.41) is 8.82. The van der Waals surface area contributed by atoms with E-state index in [1.54, 1.807) is 54.6 Å². The van der Waals surface area contributed by atoms with E-state index in [0.29, 0.717) is 17.0 Å². The zero-order valence-electron chi connectivity index (χ0n) is 18.4. The molecule has 2 N–H and O–H groups in total. The normalized spacial score (nSPS) is 11.6. The van der Waals surface area contributed by atoms with Gasteiger partial charge in [0.2, 0.25) is 0 Å². The van der Waals surface area contributed by atoms with E-state index < -0.39 is 27.9 Å². The predicted molar refractivity (Wildman–Crippen MR) is 125 cm³/mol. The van der Waals surface area contributed by atoms with Gasteiger partial charge in [-0.05, 0) is 61.5 Å². The van der Waals surface area contributed by atoms with E-state index in [9.17, 15) is 18.0 Å². The Balaban J connectivity index is 1.63. The summed E-state index contributed by atoms with van der Waals surface area (Å²) in [5.41, 5.74) is 5.48. The van der Waals surface area contributed by atoms with Crippen LogP contribution < -0.4 is 19.9 Å². The van der Waals surface area contributed by atoms with Crippen molar-refractivity contribution in [3.8, 4) is 11.8 Å². The number of rotatable bonds is 7. The predicted octanol–water partition coefficient (Wildman–Crippen LogP) is 2.61. The first-order valence-electron chi connectivity index (χ1n) is 10.1. The molecule has 0 saturated carbocycles. The molecule has 0 aromatic heterocycles. The SMILES string of the molecule is C[C@@H](Oc1ccc(C#N)cc1)C(=O)NNC(=O)c1cccc(S(=O)(=O)N(C)c2ccccc2)c1. The maximum absolute atomic E-state index is 13.0. The number of carbonyl (C=O) groups is 2.